The van der Waals surface area contributed by atoms with Gasteiger partial charge in [0.25, 0.3) is 0 Å². The summed E-state index contributed by atoms with van der Waals surface area (Å²) in [6.07, 6.45) is 1.16. The lowest BCUT2D eigenvalue weighted by Crippen LogP contribution is -2.42. The van der Waals surface area contributed by atoms with E-state index < -0.39 is 23.2 Å². The lowest BCUT2D eigenvalue weighted by atomic mass is 9.95. The fraction of sp³-hybridized carbons (Fsp3) is 0.333. The fourth-order valence-electron chi connectivity index (χ4n) is 3.16. The van der Waals surface area contributed by atoms with Crippen molar-refractivity contribution in [2.75, 3.05) is 25.0 Å². The van der Waals surface area contributed by atoms with Crippen LogP contribution < -0.4 is 10.1 Å². The minimum Gasteiger partial charge on any atom is -0.493 e. The van der Waals surface area contributed by atoms with Crippen LogP contribution in [-0.4, -0.2) is 36.4 Å². The highest BCUT2D eigenvalue weighted by molar-refractivity contribution is 5.93. The Labute approximate surface area is 162 Å². The summed E-state index contributed by atoms with van der Waals surface area (Å²) in [4.78, 5) is 26.3. The van der Waals surface area contributed by atoms with Crippen molar-refractivity contribution in [1.29, 1.82) is 0 Å². The van der Waals surface area contributed by atoms with E-state index >= 15 is 0 Å². The molecule has 0 atom stereocenters. The SMILES string of the molecule is O=C(Nc1c(F)cccc1F)C1CCN(C(=O)CCOc2ccccc2)CC1. The lowest BCUT2D eigenvalue weighted by Gasteiger charge is -2.31. The second-order valence-corrected chi connectivity index (χ2v) is 6.65. The summed E-state index contributed by atoms with van der Waals surface area (Å²) in [6, 6.07) is 12.7. The van der Waals surface area contributed by atoms with Crippen molar-refractivity contribution in [2.45, 2.75) is 19.3 Å². The van der Waals surface area contributed by atoms with Gasteiger partial charge < -0.3 is 15.0 Å². The van der Waals surface area contributed by atoms with Crippen molar-refractivity contribution in [3.63, 3.8) is 0 Å². The maximum absolute atomic E-state index is 13.7. The number of nitrogens with one attached hydrogen (secondary N) is 1. The third-order valence-corrected chi connectivity index (χ3v) is 4.76. The minimum absolute atomic E-state index is 0.0325. The first kappa shape index (κ1) is 19.8. The number of amides is 2. The predicted molar refractivity (Wildman–Crippen MR) is 101 cm³/mol. The topological polar surface area (TPSA) is 58.6 Å². The van der Waals surface area contributed by atoms with Crippen molar-refractivity contribution in [3.05, 3.63) is 60.2 Å². The van der Waals surface area contributed by atoms with Gasteiger partial charge in [0.2, 0.25) is 11.8 Å². The van der Waals surface area contributed by atoms with E-state index in [1.165, 1.54) is 6.07 Å². The van der Waals surface area contributed by atoms with Crippen molar-refractivity contribution >= 4 is 17.5 Å². The van der Waals surface area contributed by atoms with E-state index in [1.54, 1.807) is 4.90 Å². The van der Waals surface area contributed by atoms with Crippen molar-refractivity contribution in [3.8, 4) is 5.75 Å². The Morgan fingerprint density at radius 2 is 1.64 bits per heavy atom. The third kappa shape index (κ3) is 5.06. The maximum Gasteiger partial charge on any atom is 0.227 e. The van der Waals surface area contributed by atoms with Gasteiger partial charge in [-0.25, -0.2) is 8.78 Å². The number of anilines is 1. The molecule has 7 heteroatoms. The number of ether oxygens (including phenoxy) is 1. The molecule has 1 N–H and O–H groups in total. The summed E-state index contributed by atoms with van der Waals surface area (Å²) in [7, 11) is 0. The molecule has 0 unspecified atom stereocenters. The molecule has 0 bridgehead atoms. The Bertz CT molecular complexity index is 801. The molecule has 1 fully saturated rings. The van der Waals surface area contributed by atoms with Crippen LogP contribution in [0.1, 0.15) is 19.3 Å². The van der Waals surface area contributed by atoms with Crippen LogP contribution in [0.15, 0.2) is 48.5 Å². The summed E-state index contributed by atoms with van der Waals surface area (Å²) in [5.74, 6) is -1.74. The van der Waals surface area contributed by atoms with Gasteiger partial charge in [0.1, 0.15) is 23.1 Å². The summed E-state index contributed by atoms with van der Waals surface area (Å²) in [5, 5.41) is 2.33. The molecular weight excluding hydrogens is 366 g/mol. The second kappa shape index (κ2) is 9.30. The van der Waals surface area contributed by atoms with Crippen molar-refractivity contribution in [2.24, 2.45) is 5.92 Å². The quantitative estimate of drug-likeness (QED) is 0.823. The molecule has 1 heterocycles. The van der Waals surface area contributed by atoms with Gasteiger partial charge >= 0.3 is 0 Å². The van der Waals surface area contributed by atoms with Gasteiger partial charge in [-0.1, -0.05) is 24.3 Å². The highest BCUT2D eigenvalue weighted by atomic mass is 19.1. The Morgan fingerprint density at radius 1 is 1.00 bits per heavy atom. The van der Waals surface area contributed by atoms with E-state index in [-0.39, 0.29) is 24.9 Å². The van der Waals surface area contributed by atoms with E-state index in [4.69, 9.17) is 4.74 Å². The molecule has 3 rings (SSSR count). The number of halogens is 2. The zero-order chi connectivity index (χ0) is 19.9. The highest BCUT2D eigenvalue weighted by Crippen LogP contribution is 2.23. The van der Waals surface area contributed by atoms with Crippen LogP contribution in [0.25, 0.3) is 0 Å². The number of hydrogen-bond donors (Lipinski definition) is 1. The molecule has 2 aromatic rings. The number of nitrogens with zero attached hydrogens (tertiary/aromatic N) is 1. The smallest absolute Gasteiger partial charge is 0.227 e. The van der Waals surface area contributed by atoms with Crippen LogP contribution in [0, 0.1) is 17.6 Å². The number of rotatable bonds is 6. The Balaban J connectivity index is 1.43. The molecule has 0 aromatic heterocycles. The van der Waals surface area contributed by atoms with E-state index in [9.17, 15) is 18.4 Å². The number of likely N-dealkylation sites (tertiary alicyclic amines) is 1. The minimum atomic E-state index is -0.806. The third-order valence-electron chi connectivity index (χ3n) is 4.76. The number of carbonyl (C=O) groups excluding carboxylic acids is 2. The number of benzene rings is 2. The van der Waals surface area contributed by atoms with Crippen molar-refractivity contribution < 1.29 is 23.1 Å². The molecule has 0 radical (unpaired) electrons. The van der Waals surface area contributed by atoms with Gasteiger partial charge in [0, 0.05) is 19.0 Å². The maximum atomic E-state index is 13.7. The van der Waals surface area contributed by atoms with E-state index in [1.807, 2.05) is 30.3 Å². The molecule has 1 saturated heterocycles. The van der Waals surface area contributed by atoms with Gasteiger partial charge in [-0.05, 0) is 37.1 Å². The molecule has 0 saturated carbocycles. The normalized spacial score (nSPS) is 14.6. The molecular formula is C21H22F2N2O3. The summed E-state index contributed by atoms with van der Waals surface area (Å²) in [6.45, 7) is 1.15. The monoisotopic (exact) mass is 388 g/mol. The molecule has 148 valence electrons. The van der Waals surface area contributed by atoms with Gasteiger partial charge in [0.15, 0.2) is 0 Å². The first-order valence-corrected chi connectivity index (χ1v) is 9.25. The predicted octanol–water partition coefficient (Wildman–Crippen LogP) is 3.61. The Hall–Kier alpha value is -2.96. The largest absolute Gasteiger partial charge is 0.493 e. The van der Waals surface area contributed by atoms with Gasteiger partial charge in [-0.2, -0.15) is 0 Å². The number of para-hydroxylation sites is 2. The zero-order valence-corrected chi connectivity index (χ0v) is 15.4. The van der Waals surface area contributed by atoms with E-state index in [0.717, 1.165) is 12.1 Å². The van der Waals surface area contributed by atoms with Gasteiger partial charge in [0.05, 0.1) is 13.0 Å². The van der Waals surface area contributed by atoms with Crippen LogP contribution in [0.5, 0.6) is 5.75 Å². The molecule has 2 aromatic carbocycles. The number of piperidine rings is 1. The fourth-order valence-corrected chi connectivity index (χ4v) is 3.16. The summed E-state index contributed by atoms with van der Waals surface area (Å²) < 4.78 is 32.9. The van der Waals surface area contributed by atoms with E-state index in [0.29, 0.717) is 31.7 Å². The first-order valence-electron chi connectivity index (χ1n) is 9.25. The Kier molecular flexibility index (Phi) is 6.57. The molecule has 1 aliphatic heterocycles. The molecule has 28 heavy (non-hydrogen) atoms. The van der Waals surface area contributed by atoms with Crippen LogP contribution in [0.3, 0.4) is 0 Å². The molecule has 0 spiro atoms. The highest BCUT2D eigenvalue weighted by Gasteiger charge is 2.28. The van der Waals surface area contributed by atoms with Crippen LogP contribution >= 0.6 is 0 Å². The standard InChI is InChI=1S/C21H22F2N2O3/c22-17-7-4-8-18(23)20(17)24-21(27)15-9-12-25(13-10-15)19(26)11-14-28-16-5-2-1-3-6-16/h1-8,15H,9-14H2,(H,24,27). The lowest BCUT2D eigenvalue weighted by molar-refractivity contribution is -0.135. The molecule has 5 nitrogen and oxygen atoms in total. The van der Waals surface area contributed by atoms with Crippen LogP contribution in [-0.2, 0) is 9.59 Å². The Morgan fingerprint density at radius 3 is 2.29 bits per heavy atom. The molecule has 2 amide bonds. The van der Waals surface area contributed by atoms with Gasteiger partial charge in [-0.3, -0.25) is 9.59 Å². The number of hydrogen-bond acceptors (Lipinski definition) is 3. The van der Waals surface area contributed by atoms with Gasteiger partial charge in [-0.15, -0.1) is 0 Å². The van der Waals surface area contributed by atoms with E-state index in [2.05, 4.69) is 5.32 Å². The molecule has 0 aliphatic carbocycles. The van der Waals surface area contributed by atoms with Crippen LogP contribution in [0.4, 0.5) is 14.5 Å². The summed E-state index contributed by atoms with van der Waals surface area (Å²) in [5.41, 5.74) is -0.427. The zero-order valence-electron chi connectivity index (χ0n) is 15.4. The van der Waals surface area contributed by atoms with Crippen LogP contribution in [0.2, 0.25) is 0 Å². The average Bonchev–Trinajstić information content (AvgIpc) is 2.71. The summed E-state index contributed by atoms with van der Waals surface area (Å²) >= 11 is 0. The molecule has 1 aliphatic rings. The second-order valence-electron chi connectivity index (χ2n) is 6.65. The average molecular weight is 388 g/mol. The number of carbonyl (C=O) groups is 2. The first-order chi connectivity index (χ1) is 13.5. The van der Waals surface area contributed by atoms with Crippen molar-refractivity contribution in [1.82, 2.24) is 4.90 Å².